The number of amides is 2. The lowest BCUT2D eigenvalue weighted by Crippen LogP contribution is -2.33. The van der Waals surface area contributed by atoms with Gasteiger partial charge in [-0.25, -0.2) is 0 Å². The highest BCUT2D eigenvalue weighted by molar-refractivity contribution is 6.03. The molecule has 0 spiro atoms. The number of benzene rings is 1. The fourth-order valence-electron chi connectivity index (χ4n) is 3.59. The molecule has 148 valence electrons. The molecule has 0 bridgehead atoms. The smallest absolute Gasteiger partial charge is 0.253 e. The van der Waals surface area contributed by atoms with Crippen molar-refractivity contribution in [2.24, 2.45) is 0 Å². The van der Waals surface area contributed by atoms with Crippen LogP contribution < -0.4 is 10.6 Å². The van der Waals surface area contributed by atoms with E-state index in [0.717, 1.165) is 25.7 Å². The number of carbonyl (C=O) groups excluding carboxylic acids is 3. The molecule has 3 rings (SSSR count). The van der Waals surface area contributed by atoms with Gasteiger partial charge in [0.15, 0.2) is 5.78 Å². The summed E-state index contributed by atoms with van der Waals surface area (Å²) in [6.45, 7) is 3.22. The third-order valence-electron chi connectivity index (χ3n) is 5.08. The van der Waals surface area contributed by atoms with Gasteiger partial charge >= 0.3 is 0 Å². The second-order valence-electron chi connectivity index (χ2n) is 7.29. The number of rotatable bonds is 7. The van der Waals surface area contributed by atoms with E-state index in [1.807, 2.05) is 0 Å². The summed E-state index contributed by atoms with van der Waals surface area (Å²) in [5, 5.41) is 5.87. The van der Waals surface area contributed by atoms with E-state index < -0.39 is 0 Å². The van der Waals surface area contributed by atoms with Crippen molar-refractivity contribution in [3.63, 3.8) is 0 Å². The topological polar surface area (TPSA) is 88.4 Å². The van der Waals surface area contributed by atoms with E-state index in [1.165, 1.54) is 6.92 Å². The molecule has 1 heterocycles. The molecule has 1 aromatic heterocycles. The molecular formula is C22H26N2O4. The first-order valence-corrected chi connectivity index (χ1v) is 9.74. The molecule has 1 aliphatic rings. The van der Waals surface area contributed by atoms with Crippen molar-refractivity contribution in [1.82, 2.24) is 5.32 Å². The van der Waals surface area contributed by atoms with Crippen LogP contribution in [0.4, 0.5) is 5.69 Å². The molecule has 0 aliphatic heterocycles. The minimum Gasteiger partial charge on any atom is -0.466 e. The van der Waals surface area contributed by atoms with E-state index in [-0.39, 0.29) is 30.1 Å². The maximum Gasteiger partial charge on any atom is 0.253 e. The Kier molecular flexibility index (Phi) is 6.29. The predicted octanol–water partition coefficient (Wildman–Crippen LogP) is 4.03. The fraction of sp³-hybridized carbons (Fsp3) is 0.409. The second kappa shape index (κ2) is 8.87. The molecule has 2 amide bonds. The summed E-state index contributed by atoms with van der Waals surface area (Å²) in [4.78, 5) is 36.5. The fourth-order valence-corrected chi connectivity index (χ4v) is 3.59. The highest BCUT2D eigenvalue weighted by Gasteiger charge is 2.20. The lowest BCUT2D eigenvalue weighted by Gasteiger charge is -2.15. The number of Topliss-reactive ketones (excluding diaryl/α,β-unsaturated/α-hetero) is 1. The van der Waals surface area contributed by atoms with E-state index in [9.17, 15) is 14.4 Å². The molecule has 1 aromatic carbocycles. The molecule has 0 unspecified atom stereocenters. The van der Waals surface area contributed by atoms with Gasteiger partial charge in [-0.3, -0.25) is 14.4 Å². The van der Waals surface area contributed by atoms with Crippen molar-refractivity contribution in [1.29, 1.82) is 0 Å². The lowest BCUT2D eigenvalue weighted by atomic mass is 10.1. The third kappa shape index (κ3) is 4.88. The molecule has 2 N–H and O–H groups in total. The van der Waals surface area contributed by atoms with Gasteiger partial charge in [0.25, 0.3) is 5.91 Å². The average Bonchev–Trinajstić information content (AvgIpc) is 3.30. The quantitative estimate of drug-likeness (QED) is 0.708. The van der Waals surface area contributed by atoms with Crippen LogP contribution in [0.3, 0.4) is 0 Å². The van der Waals surface area contributed by atoms with Gasteiger partial charge in [-0.15, -0.1) is 0 Å². The van der Waals surface area contributed by atoms with E-state index in [2.05, 4.69) is 10.6 Å². The molecule has 0 saturated heterocycles. The van der Waals surface area contributed by atoms with Crippen LogP contribution in [0.2, 0.25) is 0 Å². The van der Waals surface area contributed by atoms with E-state index in [0.29, 0.717) is 34.8 Å². The zero-order valence-corrected chi connectivity index (χ0v) is 16.3. The summed E-state index contributed by atoms with van der Waals surface area (Å²) < 4.78 is 5.55. The first-order valence-electron chi connectivity index (χ1n) is 9.74. The van der Waals surface area contributed by atoms with Gasteiger partial charge in [0.05, 0.1) is 16.8 Å². The van der Waals surface area contributed by atoms with Crippen LogP contribution in [0, 0.1) is 6.92 Å². The number of nitrogens with one attached hydrogen (secondary N) is 2. The minimum absolute atomic E-state index is 0.0563. The van der Waals surface area contributed by atoms with Crippen LogP contribution in [-0.4, -0.2) is 23.6 Å². The van der Waals surface area contributed by atoms with Gasteiger partial charge in [0, 0.05) is 18.9 Å². The van der Waals surface area contributed by atoms with Crippen molar-refractivity contribution in [3.05, 3.63) is 53.0 Å². The van der Waals surface area contributed by atoms with Crippen LogP contribution >= 0.6 is 0 Å². The Bertz CT molecular complexity index is 878. The van der Waals surface area contributed by atoms with Crippen LogP contribution in [-0.2, 0) is 11.2 Å². The highest BCUT2D eigenvalue weighted by Crippen LogP contribution is 2.21. The van der Waals surface area contributed by atoms with Crippen molar-refractivity contribution in [2.75, 3.05) is 5.32 Å². The van der Waals surface area contributed by atoms with E-state index in [4.69, 9.17) is 4.42 Å². The monoisotopic (exact) mass is 382 g/mol. The Morgan fingerprint density at radius 2 is 1.82 bits per heavy atom. The number of anilines is 1. The Balaban J connectivity index is 1.60. The van der Waals surface area contributed by atoms with Crippen LogP contribution in [0.25, 0.3) is 0 Å². The molecule has 6 heteroatoms. The Morgan fingerprint density at radius 1 is 1.11 bits per heavy atom. The summed E-state index contributed by atoms with van der Waals surface area (Å²) in [7, 11) is 0. The van der Waals surface area contributed by atoms with Crippen molar-refractivity contribution < 1.29 is 18.8 Å². The summed E-state index contributed by atoms with van der Waals surface area (Å²) >= 11 is 0. The SMILES string of the molecule is CC(=O)c1cc(CCC(=O)Nc2ccccc2C(=O)NC2CCCC2)oc1C. The van der Waals surface area contributed by atoms with Crippen LogP contribution in [0.1, 0.15) is 71.3 Å². The zero-order valence-electron chi connectivity index (χ0n) is 16.3. The number of furan rings is 1. The number of para-hydroxylation sites is 1. The largest absolute Gasteiger partial charge is 0.466 e. The number of aryl methyl sites for hydroxylation is 2. The zero-order chi connectivity index (χ0) is 20.1. The predicted molar refractivity (Wildman–Crippen MR) is 107 cm³/mol. The van der Waals surface area contributed by atoms with Gasteiger partial charge in [-0.2, -0.15) is 0 Å². The summed E-state index contributed by atoms with van der Waals surface area (Å²) in [5.41, 5.74) is 1.52. The molecule has 0 radical (unpaired) electrons. The molecule has 2 aromatic rings. The Morgan fingerprint density at radius 3 is 2.50 bits per heavy atom. The maximum atomic E-state index is 12.6. The Hall–Kier alpha value is -2.89. The second-order valence-corrected chi connectivity index (χ2v) is 7.29. The maximum absolute atomic E-state index is 12.6. The van der Waals surface area contributed by atoms with Gasteiger partial charge < -0.3 is 15.1 Å². The van der Waals surface area contributed by atoms with Gasteiger partial charge in [0.2, 0.25) is 5.91 Å². The van der Waals surface area contributed by atoms with Crippen molar-refractivity contribution in [2.45, 2.75) is 58.4 Å². The number of hydrogen-bond acceptors (Lipinski definition) is 4. The van der Waals surface area contributed by atoms with Crippen LogP contribution in [0.5, 0.6) is 0 Å². The third-order valence-corrected chi connectivity index (χ3v) is 5.08. The molecule has 1 saturated carbocycles. The standard InChI is InChI=1S/C22H26N2O4/c1-14(25)19-13-17(28-15(19)2)11-12-21(26)24-20-10-6-5-9-18(20)22(27)23-16-7-3-4-8-16/h5-6,9-10,13,16H,3-4,7-8,11-12H2,1-2H3,(H,23,27)(H,24,26). The van der Waals surface area contributed by atoms with Crippen LogP contribution in [0.15, 0.2) is 34.7 Å². The first-order chi connectivity index (χ1) is 13.4. The summed E-state index contributed by atoms with van der Waals surface area (Å²) in [5.74, 6) is 0.746. The number of ketones is 1. The van der Waals surface area contributed by atoms with Crippen molar-refractivity contribution in [3.8, 4) is 0 Å². The highest BCUT2D eigenvalue weighted by atomic mass is 16.3. The normalized spacial score (nSPS) is 14.1. The lowest BCUT2D eigenvalue weighted by molar-refractivity contribution is -0.116. The molecule has 6 nitrogen and oxygen atoms in total. The first kappa shape index (κ1) is 19.9. The van der Waals surface area contributed by atoms with Crippen molar-refractivity contribution >= 4 is 23.3 Å². The summed E-state index contributed by atoms with van der Waals surface area (Å²) in [6.07, 6.45) is 4.87. The van der Waals surface area contributed by atoms with Gasteiger partial charge in [-0.1, -0.05) is 25.0 Å². The molecule has 1 aliphatic carbocycles. The molecule has 28 heavy (non-hydrogen) atoms. The average molecular weight is 382 g/mol. The number of carbonyl (C=O) groups is 3. The Labute approximate surface area is 164 Å². The minimum atomic E-state index is -0.209. The van der Waals surface area contributed by atoms with E-state index in [1.54, 1.807) is 37.3 Å². The number of hydrogen-bond donors (Lipinski definition) is 2. The molecular weight excluding hydrogens is 356 g/mol. The molecule has 1 fully saturated rings. The van der Waals surface area contributed by atoms with Gasteiger partial charge in [-0.05, 0) is 44.9 Å². The van der Waals surface area contributed by atoms with Gasteiger partial charge in [0.1, 0.15) is 11.5 Å². The summed E-state index contributed by atoms with van der Waals surface area (Å²) in [6, 6.07) is 8.93. The molecule has 0 atom stereocenters. The van der Waals surface area contributed by atoms with E-state index >= 15 is 0 Å².